The van der Waals surface area contributed by atoms with E-state index in [2.05, 4.69) is 17.3 Å². The molecule has 0 aromatic carbocycles. The van der Waals surface area contributed by atoms with Crippen molar-refractivity contribution in [1.29, 1.82) is 0 Å². The van der Waals surface area contributed by atoms with Crippen LogP contribution in [0.2, 0.25) is 0 Å². The van der Waals surface area contributed by atoms with Crippen molar-refractivity contribution in [3.63, 3.8) is 0 Å². The van der Waals surface area contributed by atoms with Gasteiger partial charge in [-0.15, -0.1) is 0 Å². The zero-order valence-corrected chi connectivity index (χ0v) is 10.4. The Balaban J connectivity index is 2.05. The first-order chi connectivity index (χ1) is 7.74. The van der Waals surface area contributed by atoms with Gasteiger partial charge in [-0.05, 0) is 32.9 Å². The minimum atomic E-state index is -0.0553. The van der Waals surface area contributed by atoms with E-state index in [4.69, 9.17) is 5.73 Å². The lowest BCUT2D eigenvalue weighted by atomic mass is 9.94. The third-order valence-electron chi connectivity index (χ3n) is 3.39. The number of nitrogens with zero attached hydrogens (tertiary/aromatic N) is 1. The van der Waals surface area contributed by atoms with Crippen LogP contribution >= 0.6 is 0 Å². The largest absolute Gasteiger partial charge is 0.355 e. The average Bonchev–Trinajstić information content (AvgIpc) is 2.35. The van der Waals surface area contributed by atoms with E-state index < -0.39 is 0 Å². The zero-order chi connectivity index (χ0) is 11.8. The summed E-state index contributed by atoms with van der Waals surface area (Å²) in [4.78, 5) is 13.3. The van der Waals surface area contributed by atoms with E-state index >= 15 is 0 Å². The molecule has 16 heavy (non-hydrogen) atoms. The number of hydrogen-bond donors (Lipinski definition) is 2. The molecule has 0 bridgehead atoms. The highest BCUT2D eigenvalue weighted by Crippen LogP contribution is 2.21. The van der Waals surface area contributed by atoms with Crippen LogP contribution in [0.4, 0.5) is 0 Å². The van der Waals surface area contributed by atoms with Crippen molar-refractivity contribution in [1.82, 2.24) is 10.2 Å². The van der Waals surface area contributed by atoms with Crippen LogP contribution in [-0.2, 0) is 4.79 Å². The van der Waals surface area contributed by atoms with Gasteiger partial charge in [0.25, 0.3) is 0 Å². The van der Waals surface area contributed by atoms with Crippen molar-refractivity contribution in [3.05, 3.63) is 0 Å². The first-order valence-electron chi connectivity index (χ1n) is 6.41. The van der Waals surface area contributed by atoms with Crippen LogP contribution in [0.5, 0.6) is 0 Å². The molecule has 4 nitrogen and oxygen atoms in total. The molecular weight excluding hydrogens is 202 g/mol. The van der Waals surface area contributed by atoms with Gasteiger partial charge in [-0.2, -0.15) is 0 Å². The lowest BCUT2D eigenvalue weighted by Gasteiger charge is -2.31. The maximum absolute atomic E-state index is 10.9. The molecule has 0 radical (unpaired) electrons. The molecule has 0 saturated heterocycles. The molecular formula is C12H25N3O. The topological polar surface area (TPSA) is 58.4 Å². The van der Waals surface area contributed by atoms with Gasteiger partial charge in [-0.1, -0.05) is 19.3 Å². The predicted molar refractivity (Wildman–Crippen MR) is 66.2 cm³/mol. The molecule has 0 aromatic heterocycles. The Labute approximate surface area is 98.6 Å². The monoisotopic (exact) mass is 227 g/mol. The van der Waals surface area contributed by atoms with Crippen molar-refractivity contribution in [3.8, 4) is 0 Å². The fourth-order valence-electron chi connectivity index (χ4n) is 2.33. The molecule has 1 saturated carbocycles. The van der Waals surface area contributed by atoms with Gasteiger partial charge in [0.15, 0.2) is 0 Å². The molecule has 1 aliphatic carbocycles. The Hall–Kier alpha value is -0.610. The van der Waals surface area contributed by atoms with Crippen molar-refractivity contribution >= 4 is 5.91 Å². The van der Waals surface area contributed by atoms with Gasteiger partial charge < -0.3 is 16.0 Å². The number of carbonyl (C=O) groups excluding carboxylic acids is 1. The second-order valence-corrected chi connectivity index (χ2v) is 4.68. The van der Waals surface area contributed by atoms with Gasteiger partial charge in [0, 0.05) is 12.6 Å². The van der Waals surface area contributed by atoms with E-state index in [-0.39, 0.29) is 12.5 Å². The summed E-state index contributed by atoms with van der Waals surface area (Å²) >= 11 is 0. The maximum atomic E-state index is 10.9. The highest BCUT2D eigenvalue weighted by atomic mass is 16.1. The van der Waals surface area contributed by atoms with Crippen molar-refractivity contribution in [2.45, 2.75) is 44.6 Å². The van der Waals surface area contributed by atoms with Crippen LogP contribution in [-0.4, -0.2) is 43.5 Å². The Morgan fingerprint density at radius 1 is 1.38 bits per heavy atom. The first kappa shape index (κ1) is 13.5. The normalized spacial score (nSPS) is 17.7. The number of rotatable bonds is 6. The standard InChI is InChI=1S/C12H25N3O/c1-15(11-6-3-2-4-7-11)9-5-8-14-12(16)10-13/h11H,2-10,13H2,1H3,(H,14,16). The van der Waals surface area contributed by atoms with Crippen molar-refractivity contribution in [2.75, 3.05) is 26.7 Å². The second-order valence-electron chi connectivity index (χ2n) is 4.68. The number of amides is 1. The lowest BCUT2D eigenvalue weighted by Crippen LogP contribution is -2.36. The quantitative estimate of drug-likeness (QED) is 0.657. The number of hydrogen-bond acceptors (Lipinski definition) is 3. The van der Waals surface area contributed by atoms with Crippen molar-refractivity contribution in [2.24, 2.45) is 5.73 Å². The Bertz CT molecular complexity index is 202. The van der Waals surface area contributed by atoms with Gasteiger partial charge >= 0.3 is 0 Å². The number of carbonyl (C=O) groups is 1. The summed E-state index contributed by atoms with van der Waals surface area (Å²) in [6, 6.07) is 0.763. The SMILES string of the molecule is CN(CCCNC(=O)CN)C1CCCCC1. The fourth-order valence-corrected chi connectivity index (χ4v) is 2.33. The minimum absolute atomic E-state index is 0.0553. The van der Waals surface area contributed by atoms with E-state index in [1.54, 1.807) is 0 Å². The Morgan fingerprint density at radius 3 is 2.69 bits per heavy atom. The van der Waals surface area contributed by atoms with Crippen LogP contribution in [0, 0.1) is 0 Å². The molecule has 4 heteroatoms. The second kappa shape index (κ2) is 7.63. The highest BCUT2D eigenvalue weighted by Gasteiger charge is 2.17. The molecule has 1 aliphatic rings. The van der Waals surface area contributed by atoms with Crippen molar-refractivity contribution < 1.29 is 4.79 Å². The van der Waals surface area contributed by atoms with E-state index in [9.17, 15) is 4.79 Å². The Morgan fingerprint density at radius 2 is 2.06 bits per heavy atom. The summed E-state index contributed by atoms with van der Waals surface area (Å²) in [5.41, 5.74) is 5.21. The zero-order valence-electron chi connectivity index (χ0n) is 10.4. The summed E-state index contributed by atoms with van der Waals surface area (Å²) in [6.07, 6.45) is 7.84. The van der Waals surface area contributed by atoms with Gasteiger partial charge in [0.05, 0.1) is 6.54 Å². The van der Waals surface area contributed by atoms with Gasteiger partial charge in [-0.3, -0.25) is 4.79 Å². The molecule has 94 valence electrons. The third-order valence-corrected chi connectivity index (χ3v) is 3.39. The maximum Gasteiger partial charge on any atom is 0.233 e. The van der Waals surface area contributed by atoms with Gasteiger partial charge in [-0.25, -0.2) is 0 Å². The molecule has 0 spiro atoms. The summed E-state index contributed by atoms with van der Waals surface area (Å²) in [6.45, 7) is 1.90. The summed E-state index contributed by atoms with van der Waals surface area (Å²) in [5, 5.41) is 2.80. The van der Waals surface area contributed by atoms with Gasteiger partial charge in [0.2, 0.25) is 5.91 Å². The number of nitrogens with one attached hydrogen (secondary N) is 1. The van der Waals surface area contributed by atoms with E-state index in [1.165, 1.54) is 32.1 Å². The molecule has 0 aliphatic heterocycles. The predicted octanol–water partition coefficient (Wildman–Crippen LogP) is 0.716. The molecule has 1 rings (SSSR count). The van der Waals surface area contributed by atoms with E-state index in [1.807, 2.05) is 0 Å². The molecule has 0 heterocycles. The molecule has 0 unspecified atom stereocenters. The number of nitrogens with two attached hydrogens (primary N) is 1. The molecule has 0 aromatic rings. The molecule has 3 N–H and O–H groups in total. The van der Waals surface area contributed by atoms with E-state index in [0.717, 1.165) is 25.6 Å². The van der Waals surface area contributed by atoms with Crippen LogP contribution in [0.25, 0.3) is 0 Å². The summed E-state index contributed by atoms with van der Waals surface area (Å²) < 4.78 is 0. The molecule has 1 amide bonds. The smallest absolute Gasteiger partial charge is 0.233 e. The highest BCUT2D eigenvalue weighted by molar-refractivity contribution is 5.77. The van der Waals surface area contributed by atoms with Gasteiger partial charge in [0.1, 0.15) is 0 Å². The van der Waals surface area contributed by atoms with Crippen LogP contribution in [0.15, 0.2) is 0 Å². The van der Waals surface area contributed by atoms with Crippen LogP contribution in [0.1, 0.15) is 38.5 Å². The minimum Gasteiger partial charge on any atom is -0.355 e. The molecule has 0 atom stereocenters. The van der Waals surface area contributed by atoms with E-state index in [0.29, 0.717) is 0 Å². The van der Waals surface area contributed by atoms with Crippen LogP contribution in [0.3, 0.4) is 0 Å². The fraction of sp³-hybridized carbons (Fsp3) is 0.917. The third kappa shape index (κ3) is 4.94. The Kier molecular flexibility index (Phi) is 6.42. The summed E-state index contributed by atoms with van der Waals surface area (Å²) in [7, 11) is 2.20. The average molecular weight is 227 g/mol. The lowest BCUT2D eigenvalue weighted by molar-refractivity contribution is -0.119. The summed E-state index contributed by atoms with van der Waals surface area (Å²) in [5.74, 6) is -0.0553. The molecule has 1 fully saturated rings. The first-order valence-corrected chi connectivity index (χ1v) is 6.41. The van der Waals surface area contributed by atoms with Crippen LogP contribution < -0.4 is 11.1 Å².